The molecule has 0 aliphatic carbocycles. The average molecular weight is 729 g/mol. The number of benzene rings is 9. The van der Waals surface area contributed by atoms with E-state index in [0.29, 0.717) is 0 Å². The molecule has 0 aliphatic rings. The predicted molar refractivity (Wildman–Crippen MR) is 239 cm³/mol. The van der Waals surface area contributed by atoms with Crippen molar-refractivity contribution >= 4 is 60.8 Å². The molecule has 2 aromatic heterocycles. The Kier molecular flexibility index (Phi) is 7.82. The fourth-order valence-electron chi connectivity index (χ4n) is 8.53. The van der Waals surface area contributed by atoms with E-state index in [4.69, 9.17) is 4.42 Å². The number of anilines is 3. The lowest BCUT2D eigenvalue weighted by atomic mass is 9.97. The number of nitrogens with zero attached hydrogens (tertiary/aromatic N) is 2. The quantitative estimate of drug-likeness (QED) is 0.163. The molecule has 0 saturated carbocycles. The van der Waals surface area contributed by atoms with Crippen molar-refractivity contribution in [3.05, 3.63) is 218 Å². The lowest BCUT2D eigenvalue weighted by molar-refractivity contribution is 0.669. The molecular formula is C54H36N2O. The molecule has 3 nitrogen and oxygen atoms in total. The minimum absolute atomic E-state index is 0.857. The smallest absolute Gasteiger partial charge is 0.159 e. The van der Waals surface area contributed by atoms with Crippen molar-refractivity contribution in [2.45, 2.75) is 0 Å². The van der Waals surface area contributed by atoms with Gasteiger partial charge in [-0.3, -0.25) is 0 Å². The maximum absolute atomic E-state index is 6.68. The molecule has 2 heterocycles. The molecule has 0 saturated heterocycles. The van der Waals surface area contributed by atoms with Gasteiger partial charge in [-0.15, -0.1) is 0 Å². The van der Waals surface area contributed by atoms with Gasteiger partial charge >= 0.3 is 0 Å². The van der Waals surface area contributed by atoms with Gasteiger partial charge in [0.1, 0.15) is 5.58 Å². The highest BCUT2D eigenvalue weighted by Gasteiger charge is 2.22. The number of furan rings is 1. The molecule has 268 valence electrons. The molecule has 11 aromatic rings. The predicted octanol–water partition coefficient (Wildman–Crippen LogP) is 15.2. The van der Waals surface area contributed by atoms with Gasteiger partial charge in [-0.1, -0.05) is 164 Å². The van der Waals surface area contributed by atoms with Crippen molar-refractivity contribution < 1.29 is 4.42 Å². The Labute approximate surface area is 330 Å². The monoisotopic (exact) mass is 728 g/mol. The fraction of sp³-hybridized carbons (Fsp3) is 0. The maximum atomic E-state index is 6.68. The van der Waals surface area contributed by atoms with Gasteiger partial charge in [0.25, 0.3) is 0 Å². The summed E-state index contributed by atoms with van der Waals surface area (Å²) in [6.45, 7) is 0. The summed E-state index contributed by atoms with van der Waals surface area (Å²) < 4.78 is 9.09. The lowest BCUT2D eigenvalue weighted by Crippen LogP contribution is -2.10. The van der Waals surface area contributed by atoms with Gasteiger partial charge in [-0.25, -0.2) is 0 Å². The summed E-state index contributed by atoms with van der Waals surface area (Å²) in [6.07, 6.45) is 0. The molecular weight excluding hydrogens is 693 g/mol. The van der Waals surface area contributed by atoms with E-state index in [1.165, 1.54) is 44.2 Å². The van der Waals surface area contributed by atoms with Gasteiger partial charge in [0.05, 0.1) is 16.7 Å². The number of para-hydroxylation sites is 3. The standard InChI is InChI=1S/C54H36N2O/c1-4-14-37(15-5-1)39-26-28-41(29-27-39)45-21-12-23-49-53(45)48-35-34-44(36-51(48)56(49)42-18-8-3-9-19-42)55(43-32-30-40(31-33-43)38-16-6-2-7-17-38)50-24-13-22-47-46-20-10-11-25-52(46)57-54(47)50/h1-36H. The van der Waals surface area contributed by atoms with Crippen LogP contribution in [0.2, 0.25) is 0 Å². The van der Waals surface area contributed by atoms with Crippen molar-refractivity contribution in [3.8, 4) is 39.1 Å². The Bertz CT molecular complexity index is 3200. The summed E-state index contributed by atoms with van der Waals surface area (Å²) >= 11 is 0. The summed E-state index contributed by atoms with van der Waals surface area (Å²) in [5, 5.41) is 4.63. The second-order valence-electron chi connectivity index (χ2n) is 14.5. The molecule has 9 aromatic carbocycles. The van der Waals surface area contributed by atoms with Gasteiger partial charge in [-0.05, 0) is 88.0 Å². The van der Waals surface area contributed by atoms with Gasteiger partial charge in [0.15, 0.2) is 5.58 Å². The molecule has 57 heavy (non-hydrogen) atoms. The average Bonchev–Trinajstić information content (AvgIpc) is 3.84. The Morgan fingerprint density at radius 2 is 0.930 bits per heavy atom. The Morgan fingerprint density at radius 1 is 0.368 bits per heavy atom. The van der Waals surface area contributed by atoms with Crippen molar-refractivity contribution in [2.24, 2.45) is 0 Å². The zero-order chi connectivity index (χ0) is 37.7. The van der Waals surface area contributed by atoms with Crippen molar-refractivity contribution in [3.63, 3.8) is 0 Å². The van der Waals surface area contributed by atoms with Crippen LogP contribution >= 0.6 is 0 Å². The summed E-state index contributed by atoms with van der Waals surface area (Å²) in [4.78, 5) is 2.34. The van der Waals surface area contributed by atoms with E-state index in [-0.39, 0.29) is 0 Å². The first kappa shape index (κ1) is 32.8. The lowest BCUT2D eigenvalue weighted by Gasteiger charge is -2.26. The highest BCUT2D eigenvalue weighted by molar-refractivity contribution is 6.17. The molecule has 0 aliphatic heterocycles. The number of hydrogen-bond acceptors (Lipinski definition) is 2. The van der Waals surface area contributed by atoms with Crippen LogP contribution in [0.4, 0.5) is 17.1 Å². The second kappa shape index (κ2) is 13.6. The van der Waals surface area contributed by atoms with E-state index in [2.05, 4.69) is 222 Å². The molecule has 0 N–H and O–H groups in total. The highest BCUT2D eigenvalue weighted by Crippen LogP contribution is 2.45. The van der Waals surface area contributed by atoms with E-state index in [9.17, 15) is 0 Å². The number of hydrogen-bond donors (Lipinski definition) is 0. The normalized spacial score (nSPS) is 11.5. The van der Waals surface area contributed by atoms with Gasteiger partial charge in [0, 0.05) is 38.6 Å². The van der Waals surface area contributed by atoms with Crippen molar-refractivity contribution in [1.82, 2.24) is 4.57 Å². The molecule has 0 fully saturated rings. The minimum Gasteiger partial charge on any atom is -0.454 e. The maximum Gasteiger partial charge on any atom is 0.159 e. The number of rotatable bonds is 7. The minimum atomic E-state index is 0.857. The van der Waals surface area contributed by atoms with Crippen LogP contribution in [0.1, 0.15) is 0 Å². The van der Waals surface area contributed by atoms with E-state index < -0.39 is 0 Å². The van der Waals surface area contributed by atoms with Gasteiger partial charge in [0.2, 0.25) is 0 Å². The first-order chi connectivity index (χ1) is 28.3. The van der Waals surface area contributed by atoms with E-state index in [0.717, 1.165) is 55.7 Å². The molecule has 11 rings (SSSR count). The number of aromatic nitrogens is 1. The molecule has 0 atom stereocenters. The SMILES string of the molecule is c1ccc(-c2ccc(-c3cccc4c3c3ccc(N(c5ccc(-c6ccccc6)cc5)c5cccc6c5oc5ccccc56)cc3n4-c3ccccc3)cc2)cc1. The molecule has 0 unspecified atom stereocenters. The van der Waals surface area contributed by atoms with Crippen molar-refractivity contribution in [2.75, 3.05) is 4.90 Å². The Morgan fingerprint density at radius 3 is 1.65 bits per heavy atom. The van der Waals surface area contributed by atoms with Crippen LogP contribution in [0.25, 0.3) is 82.8 Å². The van der Waals surface area contributed by atoms with Gasteiger partial charge in [-0.2, -0.15) is 0 Å². The summed E-state index contributed by atoms with van der Waals surface area (Å²) in [6, 6.07) is 78.0. The van der Waals surface area contributed by atoms with E-state index in [1.54, 1.807) is 0 Å². The molecule has 0 amide bonds. The fourth-order valence-corrected chi connectivity index (χ4v) is 8.53. The third-order valence-corrected chi connectivity index (χ3v) is 11.2. The highest BCUT2D eigenvalue weighted by atomic mass is 16.3. The number of fused-ring (bicyclic) bond motifs is 6. The van der Waals surface area contributed by atoms with Gasteiger partial charge < -0.3 is 13.9 Å². The van der Waals surface area contributed by atoms with Crippen LogP contribution < -0.4 is 4.90 Å². The van der Waals surface area contributed by atoms with Crippen LogP contribution in [-0.4, -0.2) is 4.57 Å². The first-order valence-electron chi connectivity index (χ1n) is 19.4. The topological polar surface area (TPSA) is 21.3 Å². The second-order valence-corrected chi connectivity index (χ2v) is 14.5. The zero-order valence-electron chi connectivity index (χ0n) is 31.1. The first-order valence-corrected chi connectivity index (χ1v) is 19.4. The summed E-state index contributed by atoms with van der Waals surface area (Å²) in [5.74, 6) is 0. The summed E-state index contributed by atoms with van der Waals surface area (Å²) in [5.41, 5.74) is 15.4. The van der Waals surface area contributed by atoms with E-state index >= 15 is 0 Å². The van der Waals surface area contributed by atoms with Crippen LogP contribution in [0, 0.1) is 0 Å². The van der Waals surface area contributed by atoms with E-state index in [1.807, 2.05) is 6.07 Å². The largest absolute Gasteiger partial charge is 0.454 e. The van der Waals surface area contributed by atoms with Crippen LogP contribution in [-0.2, 0) is 0 Å². The Balaban J connectivity index is 1.14. The summed E-state index contributed by atoms with van der Waals surface area (Å²) in [7, 11) is 0. The molecule has 0 bridgehead atoms. The zero-order valence-corrected chi connectivity index (χ0v) is 31.1. The Hall–Kier alpha value is -7.62. The molecule has 0 spiro atoms. The third kappa shape index (κ3) is 5.60. The van der Waals surface area contributed by atoms with Crippen molar-refractivity contribution in [1.29, 1.82) is 0 Å². The van der Waals surface area contributed by atoms with Crippen LogP contribution in [0.3, 0.4) is 0 Å². The molecule has 0 radical (unpaired) electrons. The molecule has 3 heteroatoms. The third-order valence-electron chi connectivity index (χ3n) is 11.2. The van der Waals surface area contributed by atoms with Crippen LogP contribution in [0.15, 0.2) is 223 Å². The van der Waals surface area contributed by atoms with Crippen LogP contribution in [0.5, 0.6) is 0 Å².